The molecule has 0 saturated carbocycles. The fraction of sp³-hybridized carbons (Fsp3) is 0.412. The molecular formula is C17H19F3N4. The molecule has 2 aromatic rings. The molecule has 1 N–H and O–H groups in total. The number of alkyl halides is 3. The lowest BCUT2D eigenvalue weighted by molar-refractivity contribution is -0.137. The highest BCUT2D eigenvalue weighted by Crippen LogP contribution is 2.35. The van der Waals surface area contributed by atoms with Crippen LogP contribution < -0.4 is 10.2 Å². The van der Waals surface area contributed by atoms with Crippen LogP contribution in [-0.2, 0) is 6.18 Å². The molecule has 0 aliphatic carbocycles. The van der Waals surface area contributed by atoms with Gasteiger partial charge >= 0.3 is 6.18 Å². The van der Waals surface area contributed by atoms with Gasteiger partial charge in [0.1, 0.15) is 0 Å². The summed E-state index contributed by atoms with van der Waals surface area (Å²) >= 11 is 0. The van der Waals surface area contributed by atoms with Crippen molar-refractivity contribution in [3.8, 4) is 11.1 Å². The predicted octanol–water partition coefficient (Wildman–Crippen LogP) is 3.65. The molecule has 0 radical (unpaired) electrons. The average molecular weight is 336 g/mol. The summed E-state index contributed by atoms with van der Waals surface area (Å²) in [6, 6.07) is 5.36. The Morgan fingerprint density at radius 2 is 2.04 bits per heavy atom. The van der Waals surface area contributed by atoms with E-state index in [-0.39, 0.29) is 6.04 Å². The van der Waals surface area contributed by atoms with E-state index in [1.54, 1.807) is 17.2 Å². The molecule has 0 amide bonds. The summed E-state index contributed by atoms with van der Waals surface area (Å²) in [6.07, 6.45) is -0.816. The summed E-state index contributed by atoms with van der Waals surface area (Å²) < 4.78 is 39.0. The maximum Gasteiger partial charge on any atom is 0.416 e. The monoisotopic (exact) mass is 336 g/mol. The first-order valence-electron chi connectivity index (χ1n) is 7.81. The van der Waals surface area contributed by atoms with E-state index in [4.69, 9.17) is 0 Å². The summed E-state index contributed by atoms with van der Waals surface area (Å²) in [6.45, 7) is 0.883. The fourth-order valence-electron chi connectivity index (χ4n) is 2.87. The van der Waals surface area contributed by atoms with Gasteiger partial charge in [-0.15, -0.1) is 0 Å². The van der Waals surface area contributed by atoms with Gasteiger partial charge in [0.2, 0.25) is 5.95 Å². The topological polar surface area (TPSA) is 41.1 Å². The van der Waals surface area contributed by atoms with Crippen molar-refractivity contribution in [1.82, 2.24) is 15.3 Å². The van der Waals surface area contributed by atoms with E-state index in [0.717, 1.165) is 37.2 Å². The third-order valence-electron chi connectivity index (χ3n) is 4.10. The molecule has 0 spiro atoms. The highest BCUT2D eigenvalue weighted by molar-refractivity contribution is 5.67. The smallest absolute Gasteiger partial charge is 0.347 e. The highest BCUT2D eigenvalue weighted by Gasteiger charge is 2.31. The molecule has 1 fully saturated rings. The molecule has 1 aromatic carbocycles. The molecular weight excluding hydrogens is 317 g/mol. The van der Waals surface area contributed by atoms with Gasteiger partial charge in [-0.3, -0.25) is 0 Å². The normalized spacial score (nSPS) is 18.0. The van der Waals surface area contributed by atoms with Crippen LogP contribution in [0.5, 0.6) is 0 Å². The van der Waals surface area contributed by atoms with E-state index in [1.807, 2.05) is 14.1 Å². The zero-order valence-corrected chi connectivity index (χ0v) is 13.6. The number of hydrogen-bond acceptors (Lipinski definition) is 4. The van der Waals surface area contributed by atoms with Gasteiger partial charge in [0, 0.05) is 25.9 Å². The van der Waals surface area contributed by atoms with Gasteiger partial charge in [-0.1, -0.05) is 12.1 Å². The second kappa shape index (κ2) is 6.39. The highest BCUT2D eigenvalue weighted by atomic mass is 19.4. The van der Waals surface area contributed by atoms with Crippen molar-refractivity contribution in [3.05, 3.63) is 41.7 Å². The molecule has 3 rings (SSSR count). The molecule has 1 aliphatic rings. The lowest BCUT2D eigenvalue weighted by atomic mass is 9.98. The molecule has 0 bridgehead atoms. The standard InChI is InChI=1S/C17H19F3N4/c1-24(2)16-22-10-13(15(23-16)14-7-4-8-21-14)11-5-3-6-12(9-11)17(18,19)20/h3,5-6,9-10,14,21H,4,7-8H2,1-2H3/t14-/m1/s1. The minimum Gasteiger partial charge on any atom is -0.347 e. The maximum atomic E-state index is 13.0. The third-order valence-corrected chi connectivity index (χ3v) is 4.10. The van der Waals surface area contributed by atoms with Crippen LogP contribution in [0.3, 0.4) is 0 Å². The quantitative estimate of drug-likeness (QED) is 0.929. The first kappa shape index (κ1) is 16.7. The lowest BCUT2D eigenvalue weighted by Crippen LogP contribution is -2.19. The van der Waals surface area contributed by atoms with Gasteiger partial charge in [0.25, 0.3) is 0 Å². The molecule has 1 aliphatic heterocycles. The van der Waals surface area contributed by atoms with Crippen molar-refractivity contribution >= 4 is 5.95 Å². The largest absolute Gasteiger partial charge is 0.416 e. The van der Waals surface area contributed by atoms with Crippen LogP contribution in [-0.4, -0.2) is 30.6 Å². The molecule has 128 valence electrons. The molecule has 24 heavy (non-hydrogen) atoms. The summed E-state index contributed by atoms with van der Waals surface area (Å²) in [5.74, 6) is 0.550. The van der Waals surface area contributed by atoms with Gasteiger partial charge in [0.05, 0.1) is 17.3 Å². The van der Waals surface area contributed by atoms with Crippen molar-refractivity contribution in [2.24, 2.45) is 0 Å². The summed E-state index contributed by atoms with van der Waals surface area (Å²) in [5, 5.41) is 3.36. The van der Waals surface area contributed by atoms with E-state index in [9.17, 15) is 13.2 Å². The summed E-state index contributed by atoms with van der Waals surface area (Å²) in [4.78, 5) is 10.7. The molecule has 1 saturated heterocycles. The number of rotatable bonds is 3. The molecule has 2 heterocycles. The Morgan fingerprint density at radius 3 is 2.67 bits per heavy atom. The van der Waals surface area contributed by atoms with Crippen molar-refractivity contribution in [3.63, 3.8) is 0 Å². The number of nitrogens with zero attached hydrogens (tertiary/aromatic N) is 3. The van der Waals surface area contributed by atoms with Gasteiger partial charge in [-0.25, -0.2) is 9.97 Å². The minimum atomic E-state index is -4.37. The second-order valence-corrected chi connectivity index (χ2v) is 6.09. The molecule has 4 nitrogen and oxygen atoms in total. The van der Waals surface area contributed by atoms with Crippen LogP contribution in [0.25, 0.3) is 11.1 Å². The second-order valence-electron chi connectivity index (χ2n) is 6.09. The predicted molar refractivity (Wildman–Crippen MR) is 86.8 cm³/mol. The van der Waals surface area contributed by atoms with Crippen LogP contribution in [0, 0.1) is 0 Å². The van der Waals surface area contributed by atoms with E-state index in [1.165, 1.54) is 6.07 Å². The fourth-order valence-corrected chi connectivity index (χ4v) is 2.87. The number of aromatic nitrogens is 2. The number of anilines is 1. The van der Waals surface area contributed by atoms with E-state index in [2.05, 4.69) is 15.3 Å². The van der Waals surface area contributed by atoms with Crippen LogP contribution in [0.1, 0.15) is 30.1 Å². The van der Waals surface area contributed by atoms with Crippen molar-refractivity contribution in [2.45, 2.75) is 25.1 Å². The Balaban J connectivity index is 2.10. The Hall–Kier alpha value is -2.15. The van der Waals surface area contributed by atoms with E-state index in [0.29, 0.717) is 17.1 Å². The van der Waals surface area contributed by atoms with E-state index >= 15 is 0 Å². The number of halogens is 3. The molecule has 1 aromatic heterocycles. The van der Waals surface area contributed by atoms with Crippen LogP contribution >= 0.6 is 0 Å². The van der Waals surface area contributed by atoms with Gasteiger partial charge in [-0.05, 0) is 37.1 Å². The Kier molecular flexibility index (Phi) is 4.45. The maximum absolute atomic E-state index is 13.0. The molecule has 1 atom stereocenters. The SMILES string of the molecule is CN(C)c1ncc(-c2cccc(C(F)(F)F)c2)c([C@H]2CCCN2)n1. The van der Waals surface area contributed by atoms with Crippen molar-refractivity contribution in [2.75, 3.05) is 25.5 Å². The summed E-state index contributed by atoms with van der Waals surface area (Å²) in [5.41, 5.74) is 1.22. The first-order chi connectivity index (χ1) is 11.4. The average Bonchev–Trinajstić information content (AvgIpc) is 3.08. The lowest BCUT2D eigenvalue weighted by Gasteiger charge is -2.19. The first-order valence-corrected chi connectivity index (χ1v) is 7.81. The molecule has 0 unspecified atom stereocenters. The van der Waals surface area contributed by atoms with Crippen molar-refractivity contribution in [1.29, 1.82) is 0 Å². The molecule has 7 heteroatoms. The van der Waals surface area contributed by atoms with Crippen molar-refractivity contribution < 1.29 is 13.2 Å². The third kappa shape index (κ3) is 3.36. The van der Waals surface area contributed by atoms with Gasteiger partial charge in [-0.2, -0.15) is 13.2 Å². The number of nitrogens with one attached hydrogen (secondary N) is 1. The van der Waals surface area contributed by atoms with Gasteiger partial charge < -0.3 is 10.2 Å². The van der Waals surface area contributed by atoms with Crippen LogP contribution in [0.2, 0.25) is 0 Å². The van der Waals surface area contributed by atoms with Gasteiger partial charge in [0.15, 0.2) is 0 Å². The zero-order valence-electron chi connectivity index (χ0n) is 13.6. The summed E-state index contributed by atoms with van der Waals surface area (Å²) in [7, 11) is 3.68. The Labute approximate surface area is 138 Å². The number of hydrogen-bond donors (Lipinski definition) is 1. The zero-order chi connectivity index (χ0) is 17.3. The number of benzene rings is 1. The Bertz CT molecular complexity index is 722. The van der Waals surface area contributed by atoms with E-state index < -0.39 is 11.7 Å². The van der Waals surface area contributed by atoms with Crippen LogP contribution in [0.4, 0.5) is 19.1 Å². The van der Waals surface area contributed by atoms with Crippen LogP contribution in [0.15, 0.2) is 30.5 Å². The minimum absolute atomic E-state index is 0.0382. The Morgan fingerprint density at radius 1 is 1.25 bits per heavy atom.